The Hall–Kier alpha value is -2.05. The fourth-order valence-electron chi connectivity index (χ4n) is 5.47. The summed E-state index contributed by atoms with van der Waals surface area (Å²) in [6.07, 6.45) is 6.70. The predicted molar refractivity (Wildman–Crippen MR) is 143 cm³/mol. The molecule has 2 amide bonds. The maximum atomic E-state index is 13.2. The van der Waals surface area contributed by atoms with E-state index in [4.69, 9.17) is 11.6 Å². The van der Waals surface area contributed by atoms with Crippen molar-refractivity contribution in [2.24, 2.45) is 0 Å². The molecular formula is C25H32ClN5O4S2. The van der Waals surface area contributed by atoms with E-state index in [1.54, 1.807) is 12.1 Å². The number of aromatic nitrogens is 1. The molecule has 0 radical (unpaired) electrons. The molecule has 3 aliphatic rings. The molecule has 2 aromatic rings. The van der Waals surface area contributed by atoms with Gasteiger partial charge >= 0.3 is 0 Å². The minimum Gasteiger partial charge on any atom is -0.337 e. The van der Waals surface area contributed by atoms with Crippen molar-refractivity contribution < 1.29 is 18.0 Å². The van der Waals surface area contributed by atoms with Crippen LogP contribution in [0.4, 0.5) is 0 Å². The predicted octanol–water partition coefficient (Wildman–Crippen LogP) is 2.82. The van der Waals surface area contributed by atoms with Crippen molar-refractivity contribution in [2.45, 2.75) is 55.5 Å². The molecule has 5 rings (SSSR count). The molecule has 5 heterocycles. The Kier molecular flexibility index (Phi) is 8.16. The van der Waals surface area contributed by atoms with Gasteiger partial charge in [0.05, 0.1) is 21.5 Å². The maximum Gasteiger partial charge on any atom is 0.242 e. The first-order chi connectivity index (χ1) is 17.8. The number of piperidine rings is 1. The standard InChI is InChI=1S/C25H32ClN5O4S2/c26-23-10-9-22(36-23)20-8-7-19(15-27-20)37(34,35)28-21-6-4-13-30(25(21)33)17-24(32)31-14-3-5-18(31)16-29-11-1-2-12-29/h7-10,15,18,21,28H,1-6,11-14,16-17H2. The lowest BCUT2D eigenvalue weighted by Crippen LogP contribution is -2.55. The van der Waals surface area contributed by atoms with Crippen LogP contribution in [0.5, 0.6) is 0 Å². The van der Waals surface area contributed by atoms with Crippen LogP contribution in [-0.4, -0.2) is 91.3 Å². The fourth-order valence-corrected chi connectivity index (χ4v) is 7.66. The average molecular weight is 566 g/mol. The highest BCUT2D eigenvalue weighted by Crippen LogP contribution is 2.30. The number of carbonyl (C=O) groups is 2. The Morgan fingerprint density at radius 3 is 2.54 bits per heavy atom. The normalized spacial score (nSPS) is 23.2. The molecule has 3 aliphatic heterocycles. The molecule has 0 saturated carbocycles. The summed E-state index contributed by atoms with van der Waals surface area (Å²) < 4.78 is 29.2. The first kappa shape index (κ1) is 26.6. The molecule has 1 N–H and O–H groups in total. The molecule has 3 fully saturated rings. The van der Waals surface area contributed by atoms with Gasteiger partial charge in [-0.15, -0.1) is 11.3 Å². The quantitative estimate of drug-likeness (QED) is 0.528. The molecule has 2 unspecified atom stereocenters. The van der Waals surface area contributed by atoms with Gasteiger partial charge in [0.25, 0.3) is 0 Å². The Bertz CT molecular complexity index is 1230. The highest BCUT2D eigenvalue weighted by Gasteiger charge is 2.36. The molecule has 200 valence electrons. The van der Waals surface area contributed by atoms with Gasteiger partial charge in [-0.3, -0.25) is 14.6 Å². The van der Waals surface area contributed by atoms with Gasteiger partial charge < -0.3 is 14.7 Å². The molecule has 3 saturated heterocycles. The van der Waals surface area contributed by atoms with E-state index in [9.17, 15) is 18.0 Å². The van der Waals surface area contributed by atoms with Crippen molar-refractivity contribution in [3.05, 3.63) is 34.8 Å². The zero-order valence-corrected chi connectivity index (χ0v) is 23.0. The van der Waals surface area contributed by atoms with E-state index < -0.39 is 16.1 Å². The van der Waals surface area contributed by atoms with Gasteiger partial charge in [-0.05, 0) is 75.9 Å². The summed E-state index contributed by atoms with van der Waals surface area (Å²) in [5.74, 6) is -0.400. The SMILES string of the molecule is O=C1C(NS(=O)(=O)c2ccc(-c3ccc(Cl)s3)nc2)CCCN1CC(=O)N1CCCC1CN1CCCC1. The summed E-state index contributed by atoms with van der Waals surface area (Å²) in [7, 11) is -3.96. The lowest BCUT2D eigenvalue weighted by molar-refractivity contribution is -0.143. The number of hydrogen-bond donors (Lipinski definition) is 1. The average Bonchev–Trinajstić information content (AvgIpc) is 3.65. The second kappa shape index (κ2) is 11.4. The molecule has 0 spiro atoms. The van der Waals surface area contributed by atoms with E-state index in [0.717, 1.165) is 43.9 Å². The van der Waals surface area contributed by atoms with Gasteiger partial charge in [-0.25, -0.2) is 8.42 Å². The lowest BCUT2D eigenvalue weighted by atomic mass is 10.1. The smallest absolute Gasteiger partial charge is 0.242 e. The van der Waals surface area contributed by atoms with Gasteiger partial charge in [0.1, 0.15) is 10.9 Å². The van der Waals surface area contributed by atoms with Gasteiger partial charge in [-0.1, -0.05) is 11.6 Å². The van der Waals surface area contributed by atoms with Crippen LogP contribution in [0, 0.1) is 0 Å². The number of nitrogens with zero attached hydrogens (tertiary/aromatic N) is 4. The lowest BCUT2D eigenvalue weighted by Gasteiger charge is -2.34. The third kappa shape index (κ3) is 6.17. The number of likely N-dealkylation sites (tertiary alicyclic amines) is 3. The summed E-state index contributed by atoms with van der Waals surface area (Å²) in [6.45, 7) is 4.24. The van der Waals surface area contributed by atoms with Crippen LogP contribution in [0.15, 0.2) is 35.4 Å². The van der Waals surface area contributed by atoms with Crippen molar-refractivity contribution in [2.75, 3.05) is 39.3 Å². The monoisotopic (exact) mass is 565 g/mol. The minimum atomic E-state index is -3.96. The molecule has 0 bridgehead atoms. The van der Waals surface area contributed by atoms with Crippen LogP contribution in [-0.2, 0) is 19.6 Å². The number of pyridine rings is 1. The molecule has 0 aromatic carbocycles. The molecule has 0 aliphatic carbocycles. The van der Waals surface area contributed by atoms with E-state index in [0.29, 0.717) is 29.4 Å². The first-order valence-electron chi connectivity index (χ1n) is 12.8. The Balaban J connectivity index is 1.20. The maximum absolute atomic E-state index is 13.2. The zero-order valence-electron chi connectivity index (χ0n) is 20.6. The summed E-state index contributed by atoms with van der Waals surface area (Å²) >= 11 is 7.34. The third-order valence-corrected chi connectivity index (χ3v) is 10.1. The van der Waals surface area contributed by atoms with Gasteiger partial charge in [0.2, 0.25) is 21.8 Å². The van der Waals surface area contributed by atoms with Crippen molar-refractivity contribution in [1.82, 2.24) is 24.4 Å². The van der Waals surface area contributed by atoms with Gasteiger partial charge in [0.15, 0.2) is 0 Å². The molecule has 37 heavy (non-hydrogen) atoms. The van der Waals surface area contributed by atoms with E-state index >= 15 is 0 Å². The van der Waals surface area contributed by atoms with Crippen molar-refractivity contribution in [3.63, 3.8) is 0 Å². The van der Waals surface area contributed by atoms with Crippen LogP contribution < -0.4 is 4.72 Å². The van der Waals surface area contributed by atoms with Gasteiger partial charge in [0, 0.05) is 31.9 Å². The highest BCUT2D eigenvalue weighted by atomic mass is 35.5. The van der Waals surface area contributed by atoms with Crippen molar-refractivity contribution >= 4 is 44.8 Å². The van der Waals surface area contributed by atoms with E-state index in [1.165, 1.54) is 41.3 Å². The summed E-state index contributed by atoms with van der Waals surface area (Å²) in [5.41, 5.74) is 0.624. The van der Waals surface area contributed by atoms with Crippen LogP contribution in [0.3, 0.4) is 0 Å². The Morgan fingerprint density at radius 2 is 1.84 bits per heavy atom. The largest absolute Gasteiger partial charge is 0.337 e. The molecule has 9 nitrogen and oxygen atoms in total. The number of carbonyl (C=O) groups excluding carboxylic acids is 2. The number of amides is 2. The second-order valence-corrected chi connectivity index (χ2v) is 13.4. The molecule has 2 atom stereocenters. The van der Waals surface area contributed by atoms with Crippen LogP contribution in [0.1, 0.15) is 38.5 Å². The summed E-state index contributed by atoms with van der Waals surface area (Å²) in [6, 6.07) is 5.98. The van der Waals surface area contributed by atoms with Crippen molar-refractivity contribution in [3.8, 4) is 10.6 Å². The summed E-state index contributed by atoms with van der Waals surface area (Å²) in [4.78, 5) is 37.3. The van der Waals surface area contributed by atoms with Gasteiger partial charge in [-0.2, -0.15) is 4.72 Å². The van der Waals surface area contributed by atoms with Crippen molar-refractivity contribution in [1.29, 1.82) is 0 Å². The second-order valence-electron chi connectivity index (χ2n) is 9.95. The Labute approximate surface area is 226 Å². The highest BCUT2D eigenvalue weighted by molar-refractivity contribution is 7.89. The van der Waals surface area contributed by atoms with E-state index in [1.807, 2.05) is 11.0 Å². The number of rotatable bonds is 8. The minimum absolute atomic E-state index is 0.00676. The van der Waals surface area contributed by atoms with Crippen LogP contribution >= 0.6 is 22.9 Å². The number of thiophene rings is 1. The molecular weight excluding hydrogens is 534 g/mol. The molecule has 12 heteroatoms. The van der Waals surface area contributed by atoms with E-state index in [-0.39, 0.29) is 29.3 Å². The first-order valence-corrected chi connectivity index (χ1v) is 15.5. The number of hydrogen-bond acceptors (Lipinski definition) is 7. The summed E-state index contributed by atoms with van der Waals surface area (Å²) in [5, 5.41) is 0. The number of sulfonamides is 1. The number of halogens is 1. The zero-order chi connectivity index (χ0) is 26.0. The van der Waals surface area contributed by atoms with Crippen LogP contribution in [0.2, 0.25) is 4.34 Å². The Morgan fingerprint density at radius 1 is 1.05 bits per heavy atom. The van der Waals surface area contributed by atoms with E-state index in [2.05, 4.69) is 14.6 Å². The fraction of sp³-hybridized carbons (Fsp3) is 0.560. The number of nitrogens with one attached hydrogen (secondary N) is 1. The topological polar surface area (TPSA) is 103 Å². The molecule has 2 aromatic heterocycles. The third-order valence-electron chi connectivity index (χ3n) is 7.39. The van der Waals surface area contributed by atoms with Crippen LogP contribution in [0.25, 0.3) is 10.6 Å².